The predicted molar refractivity (Wildman–Crippen MR) is 125 cm³/mol. The van der Waals surface area contributed by atoms with Crippen LogP contribution < -0.4 is 4.74 Å². The monoisotopic (exact) mass is 430 g/mol. The Kier molecular flexibility index (Phi) is 7.46. The average molecular weight is 431 g/mol. The third kappa shape index (κ3) is 5.92. The van der Waals surface area contributed by atoms with E-state index >= 15 is 0 Å². The van der Waals surface area contributed by atoms with Crippen LogP contribution in [0.3, 0.4) is 0 Å². The maximum Gasteiger partial charge on any atom is 0.254 e. The van der Waals surface area contributed by atoms with E-state index in [0.717, 1.165) is 62.3 Å². The molecule has 6 heteroatoms. The smallest absolute Gasteiger partial charge is 0.254 e. The van der Waals surface area contributed by atoms with Gasteiger partial charge < -0.3 is 9.64 Å². The predicted octanol–water partition coefficient (Wildman–Crippen LogP) is 3.62. The zero-order chi connectivity index (χ0) is 22.2. The van der Waals surface area contributed by atoms with Crippen molar-refractivity contribution in [1.29, 1.82) is 0 Å². The van der Waals surface area contributed by atoms with Crippen molar-refractivity contribution in [2.24, 2.45) is 0 Å². The normalized spacial score (nSPS) is 13.3. The van der Waals surface area contributed by atoms with Crippen LogP contribution in [-0.2, 0) is 19.4 Å². The molecule has 0 saturated heterocycles. The van der Waals surface area contributed by atoms with E-state index in [1.807, 2.05) is 56.1 Å². The van der Waals surface area contributed by atoms with Crippen molar-refractivity contribution in [2.75, 3.05) is 33.3 Å². The number of amides is 1. The molecular formula is C26H30N4O2. The van der Waals surface area contributed by atoms with Gasteiger partial charge >= 0.3 is 0 Å². The average Bonchev–Trinajstić information content (AvgIpc) is 2.84. The van der Waals surface area contributed by atoms with Gasteiger partial charge in [0.2, 0.25) is 0 Å². The van der Waals surface area contributed by atoms with Crippen LogP contribution in [0.25, 0.3) is 0 Å². The lowest BCUT2D eigenvalue weighted by molar-refractivity contribution is 0.0780. The molecule has 3 aromatic rings. The van der Waals surface area contributed by atoms with Crippen LogP contribution in [0.2, 0.25) is 0 Å². The first kappa shape index (κ1) is 22.0. The summed E-state index contributed by atoms with van der Waals surface area (Å²) in [6.07, 6.45) is 10.2. The van der Waals surface area contributed by atoms with E-state index in [0.29, 0.717) is 6.61 Å². The number of hydrogen-bond acceptors (Lipinski definition) is 5. The summed E-state index contributed by atoms with van der Waals surface area (Å²) >= 11 is 0. The van der Waals surface area contributed by atoms with Gasteiger partial charge in [0.15, 0.2) is 0 Å². The standard InChI is InChI=1S/C26H30N4O2/c1-29-15-10-23-5-6-24(18-25(23)26(29)31)32-17-3-14-30(20-22-7-12-27-13-8-22)16-9-21-4-2-11-28-19-21/h2,4-8,11-13,18-19H,3,9-10,14-17,20H2,1H3. The first-order valence-electron chi connectivity index (χ1n) is 11.2. The van der Waals surface area contributed by atoms with Crippen LogP contribution in [0, 0.1) is 0 Å². The summed E-state index contributed by atoms with van der Waals surface area (Å²) in [5.41, 5.74) is 4.38. The van der Waals surface area contributed by atoms with Crippen molar-refractivity contribution in [3.8, 4) is 5.75 Å². The Morgan fingerprint density at radius 3 is 2.72 bits per heavy atom. The quantitative estimate of drug-likeness (QED) is 0.460. The molecule has 3 heterocycles. The summed E-state index contributed by atoms with van der Waals surface area (Å²) in [4.78, 5) is 25.0. The van der Waals surface area contributed by atoms with E-state index < -0.39 is 0 Å². The van der Waals surface area contributed by atoms with Crippen molar-refractivity contribution >= 4 is 5.91 Å². The molecule has 166 valence electrons. The number of ether oxygens (including phenoxy) is 1. The number of nitrogens with zero attached hydrogens (tertiary/aromatic N) is 4. The second-order valence-electron chi connectivity index (χ2n) is 8.24. The van der Waals surface area contributed by atoms with E-state index in [1.165, 1.54) is 11.1 Å². The van der Waals surface area contributed by atoms with E-state index in [-0.39, 0.29) is 5.91 Å². The number of benzene rings is 1. The van der Waals surface area contributed by atoms with Crippen molar-refractivity contribution in [3.05, 3.63) is 89.5 Å². The number of rotatable bonds is 10. The topological polar surface area (TPSA) is 58.6 Å². The van der Waals surface area contributed by atoms with E-state index in [9.17, 15) is 4.79 Å². The molecule has 0 N–H and O–H groups in total. The zero-order valence-electron chi connectivity index (χ0n) is 18.6. The molecule has 6 nitrogen and oxygen atoms in total. The first-order chi connectivity index (χ1) is 15.7. The summed E-state index contributed by atoms with van der Waals surface area (Å²) in [5, 5.41) is 0. The molecule has 2 aromatic heterocycles. The van der Waals surface area contributed by atoms with Crippen molar-refractivity contribution in [1.82, 2.24) is 19.8 Å². The zero-order valence-corrected chi connectivity index (χ0v) is 18.6. The Bertz CT molecular complexity index is 1010. The van der Waals surface area contributed by atoms with Gasteiger partial charge in [-0.25, -0.2) is 0 Å². The molecule has 1 aromatic carbocycles. The molecule has 0 bridgehead atoms. The fraction of sp³-hybridized carbons (Fsp3) is 0.346. The number of pyridine rings is 2. The van der Waals surface area contributed by atoms with E-state index in [2.05, 4.69) is 33.1 Å². The van der Waals surface area contributed by atoms with Crippen LogP contribution in [-0.4, -0.2) is 59.0 Å². The number of likely N-dealkylation sites (N-methyl/N-ethyl adjacent to an activating group) is 1. The molecular weight excluding hydrogens is 400 g/mol. The molecule has 0 saturated carbocycles. The van der Waals surface area contributed by atoms with Crippen LogP contribution in [0.1, 0.15) is 33.5 Å². The van der Waals surface area contributed by atoms with Gasteiger partial charge in [-0.2, -0.15) is 0 Å². The molecule has 0 spiro atoms. The van der Waals surface area contributed by atoms with Gasteiger partial charge in [-0.05, 0) is 66.3 Å². The summed E-state index contributed by atoms with van der Waals surface area (Å²) in [6.45, 7) is 4.15. The largest absolute Gasteiger partial charge is 0.494 e. The van der Waals surface area contributed by atoms with E-state index in [1.54, 1.807) is 4.90 Å². The highest BCUT2D eigenvalue weighted by Crippen LogP contribution is 2.23. The number of carbonyl (C=O) groups excluding carboxylic acids is 1. The van der Waals surface area contributed by atoms with Gasteiger partial charge in [0.05, 0.1) is 6.61 Å². The first-order valence-corrected chi connectivity index (χ1v) is 11.2. The Balaban J connectivity index is 1.31. The molecule has 0 atom stereocenters. The lowest BCUT2D eigenvalue weighted by Gasteiger charge is -2.25. The van der Waals surface area contributed by atoms with Crippen LogP contribution in [0.15, 0.2) is 67.3 Å². The maximum atomic E-state index is 12.4. The highest BCUT2D eigenvalue weighted by atomic mass is 16.5. The Morgan fingerprint density at radius 1 is 1.03 bits per heavy atom. The van der Waals surface area contributed by atoms with Crippen LogP contribution in [0.5, 0.6) is 5.75 Å². The summed E-state index contributed by atoms with van der Waals surface area (Å²) in [6, 6.07) is 14.1. The summed E-state index contributed by atoms with van der Waals surface area (Å²) in [7, 11) is 1.85. The van der Waals surface area contributed by atoms with Gasteiger partial charge in [0.25, 0.3) is 5.91 Å². The third-order valence-corrected chi connectivity index (χ3v) is 5.86. The molecule has 0 unspecified atom stereocenters. The highest BCUT2D eigenvalue weighted by molar-refractivity contribution is 5.97. The molecule has 0 aliphatic carbocycles. The maximum absolute atomic E-state index is 12.4. The molecule has 0 fully saturated rings. The highest BCUT2D eigenvalue weighted by Gasteiger charge is 2.21. The van der Waals surface area contributed by atoms with Crippen LogP contribution >= 0.6 is 0 Å². The second kappa shape index (κ2) is 10.9. The fourth-order valence-corrected chi connectivity index (χ4v) is 3.99. The lowest BCUT2D eigenvalue weighted by Crippen LogP contribution is -2.34. The minimum absolute atomic E-state index is 0.0793. The molecule has 1 aliphatic rings. The van der Waals surface area contributed by atoms with Gasteiger partial charge in [0, 0.05) is 63.6 Å². The van der Waals surface area contributed by atoms with Gasteiger partial charge in [-0.15, -0.1) is 0 Å². The van der Waals surface area contributed by atoms with E-state index in [4.69, 9.17) is 4.74 Å². The molecule has 1 amide bonds. The third-order valence-electron chi connectivity index (χ3n) is 5.86. The van der Waals surface area contributed by atoms with Gasteiger partial charge in [-0.3, -0.25) is 19.7 Å². The number of aromatic nitrogens is 2. The summed E-state index contributed by atoms with van der Waals surface area (Å²) in [5.74, 6) is 0.846. The van der Waals surface area contributed by atoms with Gasteiger partial charge in [-0.1, -0.05) is 12.1 Å². The number of carbonyl (C=O) groups is 1. The minimum atomic E-state index is 0.0793. The van der Waals surface area contributed by atoms with Crippen molar-refractivity contribution in [3.63, 3.8) is 0 Å². The Labute approximate surface area is 189 Å². The Morgan fingerprint density at radius 2 is 1.91 bits per heavy atom. The molecule has 0 radical (unpaired) electrons. The molecule has 4 rings (SSSR count). The van der Waals surface area contributed by atoms with Gasteiger partial charge in [0.1, 0.15) is 5.75 Å². The van der Waals surface area contributed by atoms with Crippen LogP contribution in [0.4, 0.5) is 0 Å². The van der Waals surface area contributed by atoms with Crippen molar-refractivity contribution < 1.29 is 9.53 Å². The number of hydrogen-bond donors (Lipinski definition) is 0. The fourth-order valence-electron chi connectivity index (χ4n) is 3.99. The minimum Gasteiger partial charge on any atom is -0.494 e. The molecule has 32 heavy (non-hydrogen) atoms. The molecule has 1 aliphatic heterocycles. The SMILES string of the molecule is CN1CCc2ccc(OCCCN(CCc3cccnc3)Cc3ccncc3)cc2C1=O. The summed E-state index contributed by atoms with van der Waals surface area (Å²) < 4.78 is 6.00. The second-order valence-corrected chi connectivity index (χ2v) is 8.24. The Hall–Kier alpha value is -3.25. The van der Waals surface area contributed by atoms with Crippen molar-refractivity contribution in [2.45, 2.75) is 25.8 Å². The number of fused-ring (bicyclic) bond motifs is 1. The lowest BCUT2D eigenvalue weighted by atomic mass is 9.99.